The molecule has 1 aliphatic heterocycles. The van der Waals surface area contributed by atoms with Crippen molar-refractivity contribution in [2.75, 3.05) is 10.2 Å². The second-order valence-electron chi connectivity index (χ2n) is 9.14. The van der Waals surface area contributed by atoms with E-state index in [1.165, 1.54) is 11.3 Å². The summed E-state index contributed by atoms with van der Waals surface area (Å²) in [4.78, 5) is 15.1. The van der Waals surface area contributed by atoms with E-state index < -0.39 is 0 Å². The maximum absolute atomic E-state index is 12.7. The van der Waals surface area contributed by atoms with Crippen LogP contribution in [0.3, 0.4) is 0 Å². The van der Waals surface area contributed by atoms with Crippen molar-refractivity contribution in [3.05, 3.63) is 64.7 Å². The molecule has 0 saturated heterocycles. The van der Waals surface area contributed by atoms with Gasteiger partial charge in [0.1, 0.15) is 11.6 Å². The molecule has 1 N–H and O–H groups in total. The molecular weight excluding hydrogens is 370 g/mol. The second kappa shape index (κ2) is 8.36. The summed E-state index contributed by atoms with van der Waals surface area (Å²) in [6, 6.07) is 16.3. The van der Waals surface area contributed by atoms with Crippen LogP contribution in [0, 0.1) is 18.3 Å². The van der Waals surface area contributed by atoms with Crippen molar-refractivity contribution in [1.82, 2.24) is 0 Å². The summed E-state index contributed by atoms with van der Waals surface area (Å²) in [6.45, 7) is 13.2. The van der Waals surface area contributed by atoms with Crippen molar-refractivity contribution < 1.29 is 4.79 Å². The number of nitrogens with one attached hydrogen (secondary N) is 1. The van der Waals surface area contributed by atoms with Crippen LogP contribution in [-0.2, 0) is 4.79 Å². The first-order valence-electron chi connectivity index (χ1n) is 10.6. The number of amides is 1. The molecule has 1 aliphatic rings. The summed E-state index contributed by atoms with van der Waals surface area (Å²) in [5, 5.41) is 12.4. The summed E-state index contributed by atoms with van der Waals surface area (Å²) >= 11 is 0. The van der Waals surface area contributed by atoms with Crippen molar-refractivity contribution in [2.45, 2.75) is 65.5 Å². The third-order valence-corrected chi connectivity index (χ3v) is 5.89. The minimum atomic E-state index is -0.387. The van der Waals surface area contributed by atoms with Crippen LogP contribution in [0.1, 0.15) is 63.6 Å². The number of nitriles is 1. The highest BCUT2D eigenvalue weighted by Crippen LogP contribution is 2.44. The molecule has 0 bridgehead atoms. The Morgan fingerprint density at radius 1 is 1.27 bits per heavy atom. The monoisotopic (exact) mass is 401 g/mol. The molecule has 1 unspecified atom stereocenters. The highest BCUT2D eigenvalue weighted by Gasteiger charge is 2.37. The molecule has 30 heavy (non-hydrogen) atoms. The molecule has 0 saturated carbocycles. The number of para-hydroxylation sites is 1. The average molecular weight is 402 g/mol. The SMILES string of the molecule is Cc1ccccc1NC(=O)/C(C#N)=C\c1ccc2c(c1)C(C)CC(C)(C)N2C(C)C. The van der Waals surface area contributed by atoms with Crippen LogP contribution in [-0.4, -0.2) is 17.5 Å². The molecule has 0 radical (unpaired) electrons. The predicted octanol–water partition coefficient (Wildman–Crippen LogP) is 6.04. The Balaban J connectivity index is 1.94. The summed E-state index contributed by atoms with van der Waals surface area (Å²) < 4.78 is 0. The zero-order chi connectivity index (χ0) is 22.1. The van der Waals surface area contributed by atoms with Gasteiger partial charge in [-0.1, -0.05) is 31.2 Å². The van der Waals surface area contributed by atoms with E-state index in [4.69, 9.17) is 0 Å². The molecule has 0 fully saturated rings. The molecule has 1 atom stereocenters. The van der Waals surface area contributed by atoms with Gasteiger partial charge in [-0.2, -0.15) is 5.26 Å². The van der Waals surface area contributed by atoms with Gasteiger partial charge in [-0.25, -0.2) is 0 Å². The van der Waals surface area contributed by atoms with Crippen LogP contribution >= 0.6 is 0 Å². The molecule has 1 heterocycles. The Bertz CT molecular complexity index is 1030. The van der Waals surface area contributed by atoms with Crippen LogP contribution in [0.15, 0.2) is 48.0 Å². The van der Waals surface area contributed by atoms with Gasteiger partial charge in [0.15, 0.2) is 0 Å². The van der Waals surface area contributed by atoms with Gasteiger partial charge in [0.05, 0.1) is 0 Å². The Morgan fingerprint density at radius 3 is 2.60 bits per heavy atom. The first kappa shape index (κ1) is 21.6. The largest absolute Gasteiger partial charge is 0.364 e. The number of rotatable bonds is 4. The van der Waals surface area contributed by atoms with Gasteiger partial charge in [0, 0.05) is 23.0 Å². The molecule has 4 nitrogen and oxygen atoms in total. The first-order valence-corrected chi connectivity index (χ1v) is 10.6. The molecule has 1 amide bonds. The zero-order valence-electron chi connectivity index (χ0n) is 18.8. The van der Waals surface area contributed by atoms with Gasteiger partial charge in [0.2, 0.25) is 0 Å². The van der Waals surface area contributed by atoms with E-state index in [0.29, 0.717) is 12.0 Å². The van der Waals surface area contributed by atoms with E-state index in [-0.39, 0.29) is 17.0 Å². The van der Waals surface area contributed by atoms with E-state index in [1.54, 1.807) is 6.08 Å². The van der Waals surface area contributed by atoms with Crippen molar-refractivity contribution in [2.24, 2.45) is 0 Å². The van der Waals surface area contributed by atoms with Crippen molar-refractivity contribution in [1.29, 1.82) is 5.26 Å². The normalized spacial score (nSPS) is 18.0. The number of anilines is 2. The number of hydrogen-bond acceptors (Lipinski definition) is 3. The topological polar surface area (TPSA) is 56.1 Å². The molecule has 4 heteroatoms. The smallest absolute Gasteiger partial charge is 0.266 e. The van der Waals surface area contributed by atoms with Gasteiger partial charge in [-0.3, -0.25) is 4.79 Å². The summed E-state index contributed by atoms with van der Waals surface area (Å²) in [6.07, 6.45) is 2.74. The number of aryl methyl sites for hydroxylation is 1. The molecule has 0 aliphatic carbocycles. The molecule has 156 valence electrons. The van der Waals surface area contributed by atoms with Crippen molar-refractivity contribution in [3.8, 4) is 6.07 Å². The van der Waals surface area contributed by atoms with E-state index >= 15 is 0 Å². The van der Waals surface area contributed by atoms with Gasteiger partial charge < -0.3 is 10.2 Å². The fourth-order valence-electron chi connectivity index (χ4n) is 4.76. The van der Waals surface area contributed by atoms with Gasteiger partial charge >= 0.3 is 0 Å². The van der Waals surface area contributed by atoms with E-state index in [1.807, 2.05) is 37.3 Å². The van der Waals surface area contributed by atoms with Crippen molar-refractivity contribution >= 4 is 23.4 Å². The van der Waals surface area contributed by atoms with Crippen molar-refractivity contribution in [3.63, 3.8) is 0 Å². The van der Waals surface area contributed by atoms with Gasteiger partial charge in [-0.05, 0) is 87.9 Å². The zero-order valence-corrected chi connectivity index (χ0v) is 18.8. The summed E-state index contributed by atoms with van der Waals surface area (Å²) in [5.41, 5.74) is 5.26. The molecular formula is C26H31N3O. The molecule has 3 rings (SSSR count). The number of hydrogen-bond donors (Lipinski definition) is 1. The Labute approximate surface area is 180 Å². The van der Waals surface area contributed by atoms with E-state index in [9.17, 15) is 10.1 Å². The lowest BCUT2D eigenvalue weighted by molar-refractivity contribution is -0.112. The van der Waals surface area contributed by atoms with Crippen LogP contribution in [0.5, 0.6) is 0 Å². The third kappa shape index (κ3) is 4.26. The van der Waals surface area contributed by atoms with E-state index in [0.717, 1.165) is 23.2 Å². The Hall–Kier alpha value is -3.06. The fraction of sp³-hybridized carbons (Fsp3) is 0.385. The number of benzene rings is 2. The standard InChI is InChI=1S/C26H31N3O/c1-17(2)29-24-12-11-20(14-22(24)19(4)15-26(29,5)6)13-21(16-27)25(30)28-23-10-8-7-9-18(23)3/h7-14,17,19H,15H2,1-6H3,(H,28,30)/b21-13-. The minimum Gasteiger partial charge on any atom is -0.364 e. The van der Waals surface area contributed by atoms with Crippen LogP contribution < -0.4 is 10.2 Å². The Morgan fingerprint density at radius 2 is 1.97 bits per heavy atom. The number of nitrogens with zero attached hydrogens (tertiary/aromatic N) is 2. The maximum atomic E-state index is 12.7. The molecule has 2 aromatic rings. The van der Waals surface area contributed by atoms with Crippen LogP contribution in [0.2, 0.25) is 0 Å². The lowest BCUT2D eigenvalue weighted by Gasteiger charge is -2.50. The number of carbonyl (C=O) groups is 1. The highest BCUT2D eigenvalue weighted by molar-refractivity contribution is 6.10. The number of carbonyl (C=O) groups excluding carboxylic acids is 1. The minimum absolute atomic E-state index is 0.0865. The molecule has 0 aromatic heterocycles. The first-order chi connectivity index (χ1) is 14.1. The summed E-state index contributed by atoms with van der Waals surface area (Å²) in [7, 11) is 0. The lowest BCUT2D eigenvalue weighted by Crippen LogP contribution is -2.51. The van der Waals surface area contributed by atoms with Crippen LogP contribution in [0.25, 0.3) is 6.08 Å². The van der Waals surface area contributed by atoms with Gasteiger partial charge in [0.25, 0.3) is 5.91 Å². The fourth-order valence-corrected chi connectivity index (χ4v) is 4.76. The Kier molecular flexibility index (Phi) is 6.03. The molecule has 2 aromatic carbocycles. The molecule has 0 spiro atoms. The third-order valence-electron chi connectivity index (χ3n) is 5.89. The summed E-state index contributed by atoms with van der Waals surface area (Å²) in [5.74, 6) is 0.0205. The second-order valence-corrected chi connectivity index (χ2v) is 9.14. The lowest BCUT2D eigenvalue weighted by atomic mass is 9.79. The predicted molar refractivity (Wildman–Crippen MR) is 125 cm³/mol. The average Bonchev–Trinajstić information content (AvgIpc) is 2.67. The van der Waals surface area contributed by atoms with Gasteiger partial charge in [-0.15, -0.1) is 0 Å². The maximum Gasteiger partial charge on any atom is 0.266 e. The quantitative estimate of drug-likeness (QED) is 0.502. The van der Waals surface area contributed by atoms with Crippen LogP contribution in [0.4, 0.5) is 11.4 Å². The van der Waals surface area contributed by atoms with E-state index in [2.05, 4.69) is 63.0 Å². The number of fused-ring (bicyclic) bond motifs is 1. The highest BCUT2D eigenvalue weighted by atomic mass is 16.1.